The molecule has 0 amide bonds. The third kappa shape index (κ3) is 3.68. The van der Waals surface area contributed by atoms with Gasteiger partial charge in [0.15, 0.2) is 0 Å². The van der Waals surface area contributed by atoms with Gasteiger partial charge in [-0.15, -0.1) is 0 Å². The minimum Gasteiger partial charge on any atom is -0.506 e. The number of nitrogens with zero attached hydrogens (tertiary/aromatic N) is 1. The summed E-state index contributed by atoms with van der Waals surface area (Å²) in [5.74, 6) is 0.286. The van der Waals surface area contributed by atoms with Crippen LogP contribution in [-0.4, -0.2) is 11.3 Å². The van der Waals surface area contributed by atoms with E-state index < -0.39 is 0 Å². The second kappa shape index (κ2) is 6.21. The van der Waals surface area contributed by atoms with E-state index in [-0.39, 0.29) is 5.75 Å². The summed E-state index contributed by atoms with van der Waals surface area (Å²) >= 11 is 4.36. The Morgan fingerprint density at radius 1 is 1.05 bits per heavy atom. The lowest BCUT2D eigenvalue weighted by Crippen LogP contribution is -1.88. The summed E-state index contributed by atoms with van der Waals surface area (Å²) in [5.41, 5.74) is 4.12. The molecule has 2 aromatic carbocycles. The summed E-state index contributed by atoms with van der Waals surface area (Å²) < 4.78 is 1.92. The molecular formula is C15H13I2NO. The van der Waals surface area contributed by atoms with Gasteiger partial charge in [0.2, 0.25) is 0 Å². The Hall–Kier alpha value is -0.630. The molecule has 0 bridgehead atoms. The Bertz CT molecular complexity index is 651. The Balaban J connectivity index is 2.35. The van der Waals surface area contributed by atoms with Gasteiger partial charge in [0.25, 0.3) is 0 Å². The van der Waals surface area contributed by atoms with Gasteiger partial charge < -0.3 is 5.11 Å². The molecule has 1 N–H and O–H groups in total. The van der Waals surface area contributed by atoms with Crippen LogP contribution < -0.4 is 0 Å². The zero-order chi connectivity index (χ0) is 14.0. The molecule has 2 aromatic rings. The zero-order valence-corrected chi connectivity index (χ0v) is 14.9. The molecule has 0 atom stereocenters. The summed E-state index contributed by atoms with van der Waals surface area (Å²) in [6, 6.07) is 9.93. The van der Waals surface area contributed by atoms with Crippen molar-refractivity contribution in [1.82, 2.24) is 0 Å². The molecule has 0 saturated heterocycles. The normalized spacial score (nSPS) is 11.2. The molecule has 2 rings (SSSR count). The number of aryl methyl sites for hydroxylation is 2. The highest BCUT2D eigenvalue weighted by Crippen LogP contribution is 2.26. The smallest absolute Gasteiger partial charge is 0.137 e. The molecule has 0 heterocycles. The average Bonchev–Trinajstić information content (AvgIpc) is 2.36. The van der Waals surface area contributed by atoms with Gasteiger partial charge in [-0.1, -0.05) is 6.07 Å². The van der Waals surface area contributed by atoms with Crippen molar-refractivity contribution in [3.63, 3.8) is 0 Å². The van der Waals surface area contributed by atoms with Crippen LogP contribution in [0.25, 0.3) is 0 Å². The number of benzene rings is 2. The van der Waals surface area contributed by atoms with Crippen LogP contribution in [0.5, 0.6) is 5.75 Å². The lowest BCUT2D eigenvalue weighted by atomic mass is 10.1. The number of rotatable bonds is 2. The predicted octanol–water partition coefficient (Wildman–Crippen LogP) is 4.97. The van der Waals surface area contributed by atoms with Crippen LogP contribution in [0.1, 0.15) is 16.7 Å². The van der Waals surface area contributed by atoms with Crippen molar-refractivity contribution in [2.45, 2.75) is 13.8 Å². The van der Waals surface area contributed by atoms with Crippen molar-refractivity contribution < 1.29 is 5.11 Å². The Labute approximate surface area is 140 Å². The largest absolute Gasteiger partial charge is 0.506 e. The second-order valence-electron chi connectivity index (χ2n) is 4.35. The van der Waals surface area contributed by atoms with Crippen molar-refractivity contribution in [3.05, 3.63) is 54.2 Å². The fourth-order valence-electron chi connectivity index (χ4n) is 1.63. The molecule has 98 valence electrons. The Morgan fingerprint density at radius 2 is 1.79 bits per heavy atom. The van der Waals surface area contributed by atoms with E-state index in [0.717, 1.165) is 18.4 Å². The topological polar surface area (TPSA) is 32.6 Å². The molecule has 19 heavy (non-hydrogen) atoms. The first-order valence-electron chi connectivity index (χ1n) is 5.76. The first-order valence-corrected chi connectivity index (χ1v) is 7.92. The lowest BCUT2D eigenvalue weighted by Gasteiger charge is -2.04. The maximum absolute atomic E-state index is 10.00. The predicted molar refractivity (Wildman–Crippen MR) is 96.7 cm³/mol. The second-order valence-corrected chi connectivity index (χ2v) is 6.76. The zero-order valence-electron chi connectivity index (χ0n) is 10.6. The van der Waals surface area contributed by atoms with E-state index in [0.29, 0.717) is 0 Å². The van der Waals surface area contributed by atoms with Gasteiger partial charge in [-0.2, -0.15) is 0 Å². The molecule has 0 spiro atoms. The van der Waals surface area contributed by atoms with E-state index in [9.17, 15) is 5.11 Å². The van der Waals surface area contributed by atoms with Crippen LogP contribution in [0.4, 0.5) is 5.69 Å². The molecule has 0 aliphatic heterocycles. The van der Waals surface area contributed by atoms with E-state index in [1.54, 1.807) is 6.21 Å². The van der Waals surface area contributed by atoms with Gasteiger partial charge in [-0.25, -0.2) is 0 Å². The Kier molecular flexibility index (Phi) is 4.83. The molecule has 0 radical (unpaired) electrons. The number of phenolic OH excluding ortho intramolecular Hbond substituents is 1. The van der Waals surface area contributed by atoms with Crippen LogP contribution in [-0.2, 0) is 0 Å². The van der Waals surface area contributed by atoms with Gasteiger partial charge in [-0.05, 0) is 94.4 Å². The number of hydrogen-bond acceptors (Lipinski definition) is 2. The Morgan fingerprint density at radius 3 is 2.47 bits per heavy atom. The van der Waals surface area contributed by atoms with E-state index in [4.69, 9.17) is 0 Å². The van der Waals surface area contributed by atoms with E-state index >= 15 is 0 Å². The average molecular weight is 477 g/mol. The molecule has 0 unspecified atom stereocenters. The summed E-state index contributed by atoms with van der Waals surface area (Å²) in [5, 5.41) is 10.00. The molecular weight excluding hydrogens is 464 g/mol. The van der Waals surface area contributed by atoms with Gasteiger partial charge in [-0.3, -0.25) is 4.99 Å². The molecule has 0 aliphatic carbocycles. The van der Waals surface area contributed by atoms with Crippen molar-refractivity contribution in [1.29, 1.82) is 0 Å². The van der Waals surface area contributed by atoms with E-state index in [1.807, 2.05) is 24.3 Å². The van der Waals surface area contributed by atoms with Gasteiger partial charge in [0, 0.05) is 15.3 Å². The van der Waals surface area contributed by atoms with Gasteiger partial charge >= 0.3 is 0 Å². The highest BCUT2D eigenvalue weighted by molar-refractivity contribution is 14.1. The molecule has 0 fully saturated rings. The number of aliphatic imine (C=N–C) groups is 1. The lowest BCUT2D eigenvalue weighted by molar-refractivity contribution is 0.470. The highest BCUT2D eigenvalue weighted by atomic mass is 127. The molecule has 4 heteroatoms. The maximum atomic E-state index is 10.00. The SMILES string of the molecule is Cc1ccc(N=Cc2cc(I)cc(I)c2O)cc1C. The van der Waals surface area contributed by atoms with Crippen molar-refractivity contribution >= 4 is 57.1 Å². The van der Waals surface area contributed by atoms with Crippen LogP contribution in [0, 0.1) is 21.0 Å². The highest BCUT2D eigenvalue weighted by Gasteiger charge is 2.05. The summed E-state index contributed by atoms with van der Waals surface area (Å²) in [4.78, 5) is 4.43. The van der Waals surface area contributed by atoms with Crippen LogP contribution in [0.15, 0.2) is 35.3 Å². The number of halogens is 2. The summed E-state index contributed by atoms with van der Waals surface area (Å²) in [6.45, 7) is 4.15. The van der Waals surface area contributed by atoms with Crippen LogP contribution in [0.3, 0.4) is 0 Å². The van der Waals surface area contributed by atoms with Crippen LogP contribution >= 0.6 is 45.2 Å². The number of hydrogen-bond donors (Lipinski definition) is 1. The fraction of sp³-hybridized carbons (Fsp3) is 0.133. The first-order chi connectivity index (χ1) is 8.97. The maximum Gasteiger partial charge on any atom is 0.137 e. The molecule has 0 aliphatic rings. The van der Waals surface area contributed by atoms with Crippen molar-refractivity contribution in [2.24, 2.45) is 4.99 Å². The minimum absolute atomic E-state index is 0.286. The summed E-state index contributed by atoms with van der Waals surface area (Å²) in [6.07, 6.45) is 1.71. The van der Waals surface area contributed by atoms with Crippen molar-refractivity contribution in [2.75, 3.05) is 0 Å². The number of aromatic hydroxyl groups is 1. The number of phenols is 1. The van der Waals surface area contributed by atoms with Gasteiger partial charge in [0.1, 0.15) is 5.75 Å². The first kappa shape index (κ1) is 14.8. The van der Waals surface area contributed by atoms with Crippen molar-refractivity contribution in [3.8, 4) is 5.75 Å². The molecule has 0 aromatic heterocycles. The standard InChI is InChI=1S/C15H13I2NO/c1-9-3-4-13(5-10(9)2)18-8-11-6-12(16)7-14(17)15(11)19/h3-8,19H,1-2H3. The fourth-order valence-corrected chi connectivity index (χ4v) is 3.52. The van der Waals surface area contributed by atoms with E-state index in [1.165, 1.54) is 11.1 Å². The van der Waals surface area contributed by atoms with E-state index in [2.05, 4.69) is 70.1 Å². The van der Waals surface area contributed by atoms with Gasteiger partial charge in [0.05, 0.1) is 9.26 Å². The molecule has 0 saturated carbocycles. The monoisotopic (exact) mass is 477 g/mol. The summed E-state index contributed by atoms with van der Waals surface area (Å²) in [7, 11) is 0. The third-order valence-electron chi connectivity index (χ3n) is 2.90. The molecule has 2 nitrogen and oxygen atoms in total. The van der Waals surface area contributed by atoms with Crippen LogP contribution in [0.2, 0.25) is 0 Å². The third-order valence-corrected chi connectivity index (χ3v) is 4.35. The quantitative estimate of drug-likeness (QED) is 0.481. The minimum atomic E-state index is 0.286.